The molecule has 1 fully saturated rings. The highest BCUT2D eigenvalue weighted by Crippen LogP contribution is 2.46. The Morgan fingerprint density at radius 3 is 2.32 bits per heavy atom. The number of ether oxygens (including phenoxy) is 3. The fraction of sp³-hybridized carbons (Fsp3) is 0.519. The van der Waals surface area contributed by atoms with Gasteiger partial charge in [0.2, 0.25) is 0 Å². The second-order valence-corrected chi connectivity index (χ2v) is 9.47. The van der Waals surface area contributed by atoms with Crippen molar-refractivity contribution in [2.75, 3.05) is 14.2 Å². The molecule has 7 heteroatoms. The molecule has 1 heterocycles. The zero-order valence-electron chi connectivity index (χ0n) is 20.3. The van der Waals surface area contributed by atoms with Crippen molar-refractivity contribution in [2.24, 2.45) is 11.8 Å². The maximum atomic E-state index is 13.7. The smallest absolute Gasteiger partial charge is 0.337 e. The van der Waals surface area contributed by atoms with Crippen molar-refractivity contribution in [1.29, 1.82) is 0 Å². The highest BCUT2D eigenvalue weighted by Gasteiger charge is 2.47. The van der Waals surface area contributed by atoms with Crippen LogP contribution >= 0.6 is 0 Å². The van der Waals surface area contributed by atoms with Gasteiger partial charge < -0.3 is 19.5 Å². The van der Waals surface area contributed by atoms with Crippen molar-refractivity contribution < 1.29 is 28.6 Å². The van der Waals surface area contributed by atoms with Gasteiger partial charge in [0.15, 0.2) is 5.78 Å². The lowest BCUT2D eigenvalue weighted by molar-refractivity contribution is -0.151. The molecule has 3 atom stereocenters. The lowest BCUT2D eigenvalue weighted by atomic mass is 9.69. The Kier molecular flexibility index (Phi) is 7.10. The second kappa shape index (κ2) is 10.0. The minimum Gasteiger partial charge on any atom is -0.497 e. The molecule has 0 amide bonds. The van der Waals surface area contributed by atoms with Crippen LogP contribution in [0.1, 0.15) is 63.9 Å². The number of esters is 2. The van der Waals surface area contributed by atoms with Gasteiger partial charge in [0, 0.05) is 22.9 Å². The van der Waals surface area contributed by atoms with Gasteiger partial charge in [-0.15, -0.1) is 0 Å². The second-order valence-electron chi connectivity index (χ2n) is 9.47. The van der Waals surface area contributed by atoms with Crippen LogP contribution in [0.4, 0.5) is 0 Å². The summed E-state index contributed by atoms with van der Waals surface area (Å²) in [5.74, 6) is -2.34. The Labute approximate surface area is 200 Å². The van der Waals surface area contributed by atoms with E-state index < -0.39 is 23.8 Å². The molecule has 1 aliphatic heterocycles. The van der Waals surface area contributed by atoms with Gasteiger partial charge in [0.25, 0.3) is 0 Å². The van der Waals surface area contributed by atoms with Crippen LogP contribution in [0.2, 0.25) is 0 Å². The molecule has 34 heavy (non-hydrogen) atoms. The predicted octanol–water partition coefficient (Wildman–Crippen LogP) is 4.18. The number of dihydropyridines is 1. The van der Waals surface area contributed by atoms with Gasteiger partial charge in [-0.05, 0) is 62.6 Å². The molecule has 1 aromatic carbocycles. The van der Waals surface area contributed by atoms with Crippen molar-refractivity contribution in [3.05, 3.63) is 52.4 Å². The van der Waals surface area contributed by atoms with Gasteiger partial charge in [-0.1, -0.05) is 25.5 Å². The van der Waals surface area contributed by atoms with E-state index in [1.54, 1.807) is 7.11 Å². The number of methoxy groups -OCH3 is 2. The summed E-state index contributed by atoms with van der Waals surface area (Å²) in [5, 5.41) is 3.31. The largest absolute Gasteiger partial charge is 0.497 e. The molecule has 0 unspecified atom stereocenters. The highest BCUT2D eigenvalue weighted by atomic mass is 16.5. The molecule has 1 N–H and O–H groups in total. The van der Waals surface area contributed by atoms with E-state index in [9.17, 15) is 14.4 Å². The van der Waals surface area contributed by atoms with Gasteiger partial charge in [-0.2, -0.15) is 0 Å². The van der Waals surface area contributed by atoms with Crippen LogP contribution in [0.5, 0.6) is 5.75 Å². The first-order valence-corrected chi connectivity index (χ1v) is 12.0. The Hall–Kier alpha value is -3.09. The number of nitrogens with one attached hydrogen (secondary N) is 1. The van der Waals surface area contributed by atoms with Gasteiger partial charge in [-0.25, -0.2) is 4.79 Å². The van der Waals surface area contributed by atoms with Crippen LogP contribution in [0.15, 0.2) is 46.8 Å². The maximum absolute atomic E-state index is 13.7. The average molecular weight is 468 g/mol. The molecular weight excluding hydrogens is 434 g/mol. The van der Waals surface area contributed by atoms with E-state index >= 15 is 0 Å². The Morgan fingerprint density at radius 1 is 1.03 bits per heavy atom. The van der Waals surface area contributed by atoms with Crippen molar-refractivity contribution in [3.63, 3.8) is 0 Å². The fourth-order valence-electron chi connectivity index (χ4n) is 5.48. The molecule has 0 aromatic heterocycles. The Bertz CT molecular complexity index is 1030. The number of allylic oxidation sites excluding steroid dienone is 3. The molecule has 7 nitrogen and oxygen atoms in total. The molecule has 182 valence electrons. The maximum Gasteiger partial charge on any atom is 0.337 e. The quantitative estimate of drug-likeness (QED) is 0.513. The number of benzene rings is 1. The minimum absolute atomic E-state index is 0.113. The van der Waals surface area contributed by atoms with E-state index in [1.165, 1.54) is 7.11 Å². The van der Waals surface area contributed by atoms with E-state index in [4.69, 9.17) is 14.2 Å². The van der Waals surface area contributed by atoms with E-state index in [0.29, 0.717) is 29.0 Å². The van der Waals surface area contributed by atoms with Gasteiger partial charge in [0.1, 0.15) is 17.8 Å². The number of hydrogen-bond acceptors (Lipinski definition) is 7. The predicted molar refractivity (Wildman–Crippen MR) is 126 cm³/mol. The summed E-state index contributed by atoms with van der Waals surface area (Å²) in [7, 11) is 2.88. The molecule has 1 saturated carbocycles. The SMILES string of the molecule is COC(=O)[C@H]1C(=O)C2=C(C[C@H]1C)NC(C)=C(C(=O)OC1CCCCC1)[C@@H]2c1ccc(OC)cc1. The molecular formula is C27H33NO6. The third-order valence-corrected chi connectivity index (χ3v) is 7.24. The lowest BCUT2D eigenvalue weighted by Gasteiger charge is -2.38. The molecule has 0 radical (unpaired) electrons. The van der Waals surface area contributed by atoms with Crippen molar-refractivity contribution in [1.82, 2.24) is 5.32 Å². The number of carbonyl (C=O) groups is 3. The fourth-order valence-corrected chi connectivity index (χ4v) is 5.48. The van der Waals surface area contributed by atoms with E-state index in [-0.39, 0.29) is 17.8 Å². The minimum atomic E-state index is -0.902. The summed E-state index contributed by atoms with van der Waals surface area (Å²) in [6.45, 7) is 3.72. The molecule has 3 aliphatic rings. The van der Waals surface area contributed by atoms with Crippen LogP contribution < -0.4 is 10.1 Å². The summed E-state index contributed by atoms with van der Waals surface area (Å²) in [4.78, 5) is 39.8. The lowest BCUT2D eigenvalue weighted by Crippen LogP contribution is -2.43. The number of ketones is 1. The Morgan fingerprint density at radius 2 is 1.71 bits per heavy atom. The molecule has 4 rings (SSSR count). The topological polar surface area (TPSA) is 90.9 Å². The highest BCUT2D eigenvalue weighted by molar-refractivity contribution is 6.12. The summed E-state index contributed by atoms with van der Waals surface area (Å²) in [6, 6.07) is 7.34. The molecule has 0 saturated heterocycles. The zero-order chi connectivity index (χ0) is 24.4. The number of hydrogen-bond donors (Lipinski definition) is 1. The van der Waals surface area contributed by atoms with Crippen LogP contribution in [0.25, 0.3) is 0 Å². The van der Waals surface area contributed by atoms with E-state index in [1.807, 2.05) is 38.1 Å². The van der Waals surface area contributed by atoms with Gasteiger partial charge in [0.05, 0.1) is 19.8 Å². The monoisotopic (exact) mass is 467 g/mol. The van der Waals surface area contributed by atoms with Crippen molar-refractivity contribution in [2.45, 2.75) is 64.4 Å². The first-order valence-electron chi connectivity index (χ1n) is 12.0. The van der Waals surface area contributed by atoms with E-state index in [0.717, 1.165) is 43.4 Å². The first kappa shape index (κ1) is 24.0. The molecule has 2 aliphatic carbocycles. The zero-order valence-corrected chi connectivity index (χ0v) is 20.3. The van der Waals surface area contributed by atoms with Gasteiger partial charge >= 0.3 is 11.9 Å². The first-order chi connectivity index (χ1) is 16.3. The van der Waals surface area contributed by atoms with Gasteiger partial charge in [-0.3, -0.25) is 9.59 Å². The summed E-state index contributed by atoms with van der Waals surface area (Å²) in [5.41, 5.74) is 3.07. The third kappa shape index (κ3) is 4.48. The van der Waals surface area contributed by atoms with Crippen LogP contribution in [0.3, 0.4) is 0 Å². The van der Waals surface area contributed by atoms with Crippen molar-refractivity contribution in [3.8, 4) is 5.75 Å². The summed E-state index contributed by atoms with van der Waals surface area (Å²) >= 11 is 0. The third-order valence-electron chi connectivity index (χ3n) is 7.24. The number of Topliss-reactive ketones (excluding diaryl/α,β-unsaturated/α-hetero) is 1. The number of rotatable bonds is 5. The van der Waals surface area contributed by atoms with Crippen LogP contribution in [0, 0.1) is 11.8 Å². The summed E-state index contributed by atoms with van der Waals surface area (Å²) < 4.78 is 16.2. The number of carbonyl (C=O) groups excluding carboxylic acids is 3. The van der Waals surface area contributed by atoms with Crippen molar-refractivity contribution >= 4 is 17.7 Å². The molecule has 1 aromatic rings. The normalized spacial score (nSPS) is 25.4. The van der Waals surface area contributed by atoms with Crippen LogP contribution in [-0.4, -0.2) is 38.0 Å². The van der Waals surface area contributed by atoms with Crippen LogP contribution in [-0.2, 0) is 23.9 Å². The van der Waals surface area contributed by atoms with E-state index in [2.05, 4.69) is 5.32 Å². The Balaban J connectivity index is 1.77. The summed E-state index contributed by atoms with van der Waals surface area (Å²) in [6.07, 6.45) is 5.35. The average Bonchev–Trinajstić information content (AvgIpc) is 2.83. The molecule has 0 bridgehead atoms. The molecule has 0 spiro atoms. The standard InChI is InChI=1S/C27H33NO6/c1-15-14-20-24(25(29)21(15)26(30)33-4)23(17-10-12-18(32-3)13-11-17)22(16(2)28-20)27(31)34-19-8-6-5-7-9-19/h10-13,15,19,21,23,28H,5-9,14H2,1-4H3/t15-,21-,23+/m1/s1.